The molecular formula is C13H28O3Si. The molecule has 0 amide bonds. The van der Waals surface area contributed by atoms with Gasteiger partial charge in [0.25, 0.3) is 0 Å². The van der Waals surface area contributed by atoms with Crippen molar-refractivity contribution >= 4 is 8.32 Å². The summed E-state index contributed by atoms with van der Waals surface area (Å²) in [5.41, 5.74) is 0. The molecule has 0 unspecified atom stereocenters. The van der Waals surface area contributed by atoms with Crippen LogP contribution in [-0.2, 0) is 13.9 Å². The first-order chi connectivity index (χ1) is 7.65. The lowest BCUT2D eigenvalue weighted by Crippen LogP contribution is -2.46. The molecule has 3 nitrogen and oxygen atoms in total. The molecule has 0 aliphatic rings. The Labute approximate surface area is 107 Å². The fraction of sp³-hybridized carbons (Fsp3) is 0.846. The highest BCUT2D eigenvalue weighted by molar-refractivity contribution is 6.74. The molecule has 0 aliphatic carbocycles. The van der Waals surface area contributed by atoms with Crippen LogP contribution in [0.1, 0.15) is 27.7 Å². The topological polar surface area (TPSA) is 27.7 Å². The molecule has 0 aromatic carbocycles. The highest BCUT2D eigenvalue weighted by Gasteiger charge is 2.39. The molecule has 0 rings (SSSR count). The third-order valence-electron chi connectivity index (χ3n) is 3.36. The minimum atomic E-state index is -1.75. The summed E-state index contributed by atoms with van der Waals surface area (Å²) in [6.45, 7) is 17.2. The van der Waals surface area contributed by atoms with Gasteiger partial charge in [-0.2, -0.15) is 0 Å². The summed E-state index contributed by atoms with van der Waals surface area (Å²) in [6.07, 6.45) is 1.66. The fourth-order valence-corrected chi connectivity index (χ4v) is 2.67. The van der Waals surface area contributed by atoms with Gasteiger partial charge in [0.1, 0.15) is 12.9 Å². The molecular weight excluding hydrogens is 232 g/mol. The summed E-state index contributed by atoms with van der Waals surface area (Å²) in [5.74, 6) is 0. The lowest BCUT2D eigenvalue weighted by Gasteiger charge is -2.39. The number of methoxy groups -OCH3 is 1. The average Bonchev–Trinajstić information content (AvgIpc) is 2.16. The lowest BCUT2D eigenvalue weighted by atomic mass is 10.2. The third-order valence-corrected chi connectivity index (χ3v) is 7.93. The summed E-state index contributed by atoms with van der Waals surface area (Å²) in [5, 5.41) is 0.203. The Morgan fingerprint density at radius 3 is 2.18 bits per heavy atom. The molecule has 0 N–H and O–H groups in total. The van der Waals surface area contributed by atoms with Crippen LogP contribution >= 0.6 is 0 Å². The Hall–Kier alpha value is -0.163. The molecule has 0 aromatic rings. The quantitative estimate of drug-likeness (QED) is 0.398. The van der Waals surface area contributed by atoms with E-state index in [-0.39, 0.29) is 24.0 Å². The van der Waals surface area contributed by atoms with E-state index in [1.165, 1.54) is 0 Å². The van der Waals surface area contributed by atoms with E-state index in [0.29, 0.717) is 0 Å². The summed E-state index contributed by atoms with van der Waals surface area (Å²) in [7, 11) is -0.144. The van der Waals surface area contributed by atoms with Crippen LogP contribution in [-0.4, -0.2) is 34.4 Å². The van der Waals surface area contributed by atoms with E-state index >= 15 is 0 Å². The highest BCUT2D eigenvalue weighted by atomic mass is 28.4. The van der Waals surface area contributed by atoms with Gasteiger partial charge in [0.2, 0.25) is 0 Å². The summed E-state index contributed by atoms with van der Waals surface area (Å²) in [6, 6.07) is 0. The molecule has 2 atom stereocenters. The predicted octanol–water partition coefficient (Wildman–Crippen LogP) is 3.57. The van der Waals surface area contributed by atoms with Gasteiger partial charge < -0.3 is 13.9 Å². The zero-order valence-electron chi connectivity index (χ0n) is 12.4. The molecule has 0 fully saturated rings. The molecule has 0 saturated heterocycles. The average molecular weight is 260 g/mol. The molecule has 0 aromatic heterocycles. The summed E-state index contributed by atoms with van der Waals surface area (Å²) in [4.78, 5) is 0. The first kappa shape index (κ1) is 16.8. The number of hydrogen-bond donors (Lipinski definition) is 0. The maximum absolute atomic E-state index is 6.24. The maximum atomic E-state index is 6.24. The van der Waals surface area contributed by atoms with Crippen LogP contribution in [0.5, 0.6) is 0 Å². The van der Waals surface area contributed by atoms with E-state index < -0.39 is 8.32 Å². The van der Waals surface area contributed by atoms with Crippen LogP contribution in [0.3, 0.4) is 0 Å². The van der Waals surface area contributed by atoms with Crippen LogP contribution in [0.4, 0.5) is 0 Å². The molecule has 0 aliphatic heterocycles. The van der Waals surface area contributed by atoms with E-state index in [4.69, 9.17) is 13.9 Å². The van der Waals surface area contributed by atoms with Crippen molar-refractivity contribution in [2.24, 2.45) is 0 Å². The van der Waals surface area contributed by atoms with Crippen molar-refractivity contribution < 1.29 is 13.9 Å². The Balaban J connectivity index is 4.49. The molecule has 0 saturated carbocycles. The smallest absolute Gasteiger partial charge is 0.192 e. The Kier molecular flexibility index (Phi) is 6.62. The van der Waals surface area contributed by atoms with Gasteiger partial charge in [-0.25, -0.2) is 0 Å². The first-order valence-corrected chi connectivity index (χ1v) is 8.97. The minimum Gasteiger partial charge on any atom is -0.411 e. The van der Waals surface area contributed by atoms with E-state index in [0.717, 1.165) is 0 Å². The lowest BCUT2D eigenvalue weighted by molar-refractivity contribution is -0.0860. The number of rotatable bonds is 7. The van der Waals surface area contributed by atoms with Gasteiger partial charge in [0, 0.05) is 7.11 Å². The second-order valence-electron chi connectivity index (χ2n) is 5.86. The van der Waals surface area contributed by atoms with Crippen molar-refractivity contribution in [3.8, 4) is 0 Å². The van der Waals surface area contributed by atoms with Gasteiger partial charge in [-0.15, -0.1) is 6.58 Å². The second kappa shape index (κ2) is 6.68. The molecule has 0 spiro atoms. The van der Waals surface area contributed by atoms with Gasteiger partial charge >= 0.3 is 0 Å². The highest BCUT2D eigenvalue weighted by Crippen LogP contribution is 2.37. The van der Waals surface area contributed by atoms with Crippen LogP contribution in [0, 0.1) is 0 Å². The maximum Gasteiger partial charge on any atom is 0.192 e. The van der Waals surface area contributed by atoms with Crippen LogP contribution in [0.15, 0.2) is 12.7 Å². The van der Waals surface area contributed by atoms with Crippen LogP contribution in [0.2, 0.25) is 18.1 Å². The number of ether oxygens (including phenoxy) is 2. The summed E-state index contributed by atoms with van der Waals surface area (Å²) < 4.78 is 16.7. The first-order valence-electron chi connectivity index (χ1n) is 6.06. The van der Waals surface area contributed by atoms with Crippen molar-refractivity contribution in [3.63, 3.8) is 0 Å². The fourth-order valence-electron chi connectivity index (χ4n) is 1.25. The monoisotopic (exact) mass is 260 g/mol. The van der Waals surface area contributed by atoms with Gasteiger partial charge in [0.15, 0.2) is 8.32 Å². The van der Waals surface area contributed by atoms with E-state index in [2.05, 4.69) is 40.4 Å². The van der Waals surface area contributed by atoms with E-state index in [1.54, 1.807) is 13.2 Å². The van der Waals surface area contributed by atoms with Crippen molar-refractivity contribution in [1.82, 2.24) is 0 Å². The zero-order chi connectivity index (χ0) is 13.7. The van der Waals surface area contributed by atoms with Gasteiger partial charge in [0.05, 0.1) is 6.10 Å². The number of hydrogen-bond acceptors (Lipinski definition) is 3. The van der Waals surface area contributed by atoms with Crippen molar-refractivity contribution in [2.75, 3.05) is 13.9 Å². The van der Waals surface area contributed by atoms with Crippen molar-refractivity contribution in [2.45, 2.75) is 58.0 Å². The Bertz CT molecular complexity index is 233. The molecule has 4 heteroatoms. The van der Waals surface area contributed by atoms with E-state index in [1.807, 2.05) is 6.92 Å². The molecule has 102 valence electrons. The van der Waals surface area contributed by atoms with E-state index in [9.17, 15) is 0 Å². The molecule has 0 bridgehead atoms. The van der Waals surface area contributed by atoms with Gasteiger partial charge in [-0.05, 0) is 25.1 Å². The zero-order valence-corrected chi connectivity index (χ0v) is 13.4. The van der Waals surface area contributed by atoms with Crippen LogP contribution < -0.4 is 0 Å². The van der Waals surface area contributed by atoms with Crippen molar-refractivity contribution in [3.05, 3.63) is 12.7 Å². The third kappa shape index (κ3) is 5.34. The predicted molar refractivity (Wildman–Crippen MR) is 74.7 cm³/mol. The standard InChI is InChI=1S/C13H28O3Si/c1-9-12(15-10-14-6)11(2)16-17(7,8)13(3,4)5/h9,11-12H,1,10H2,2-8H3/t11-,12+/m0/s1. The SMILES string of the molecule is C=C[C@@H](OCOC)[C@H](C)O[Si](C)(C)C(C)(C)C. The Morgan fingerprint density at radius 2 is 1.82 bits per heavy atom. The Morgan fingerprint density at radius 1 is 1.29 bits per heavy atom. The van der Waals surface area contributed by atoms with Gasteiger partial charge in [-0.3, -0.25) is 0 Å². The normalized spacial score (nSPS) is 16.6. The van der Waals surface area contributed by atoms with Gasteiger partial charge in [-0.1, -0.05) is 26.8 Å². The second-order valence-corrected chi connectivity index (χ2v) is 10.6. The molecule has 0 radical (unpaired) electrons. The molecule has 17 heavy (non-hydrogen) atoms. The van der Waals surface area contributed by atoms with Crippen molar-refractivity contribution in [1.29, 1.82) is 0 Å². The summed E-state index contributed by atoms with van der Waals surface area (Å²) >= 11 is 0. The molecule has 0 heterocycles. The minimum absolute atomic E-state index is 0.00328. The van der Waals surface area contributed by atoms with Crippen LogP contribution in [0.25, 0.3) is 0 Å². The largest absolute Gasteiger partial charge is 0.411 e.